The van der Waals surface area contributed by atoms with Gasteiger partial charge in [0.05, 0.1) is 24.9 Å². The van der Waals surface area contributed by atoms with Crippen LogP contribution < -0.4 is 5.32 Å². The quantitative estimate of drug-likeness (QED) is 0.367. The van der Waals surface area contributed by atoms with Crippen LogP contribution in [-0.2, 0) is 28.5 Å². The Hall–Kier alpha value is -2.99. The molecule has 0 radical (unpaired) electrons. The van der Waals surface area contributed by atoms with E-state index in [2.05, 4.69) is 5.32 Å². The molecule has 1 aliphatic heterocycles. The van der Waals surface area contributed by atoms with Gasteiger partial charge in [-0.25, -0.2) is 4.39 Å². The van der Waals surface area contributed by atoms with Gasteiger partial charge in [-0.2, -0.15) is 0 Å². The zero-order valence-corrected chi connectivity index (χ0v) is 19.3. The molecule has 1 heterocycles. The first kappa shape index (κ1) is 27.3. The zero-order chi connectivity index (χ0) is 25.6. The maximum Gasteiger partial charge on any atom is 0.531 e. The van der Waals surface area contributed by atoms with Gasteiger partial charge in [0.1, 0.15) is 5.82 Å². The lowest BCUT2D eigenvalue weighted by atomic mass is 9.65. The summed E-state index contributed by atoms with van der Waals surface area (Å²) in [5.74, 6) is -6.92. The number of benzene rings is 1. The van der Waals surface area contributed by atoms with E-state index in [0.29, 0.717) is 6.42 Å². The lowest BCUT2D eigenvalue weighted by Gasteiger charge is -2.23. The number of nitrogens with one attached hydrogen (secondary N) is 1. The summed E-state index contributed by atoms with van der Waals surface area (Å²) in [5.41, 5.74) is -2.54. The smallest absolute Gasteiger partial charge is 0.507 e. The number of carbonyl (C=O) groups excluding carboxylic acids is 3. The highest BCUT2D eigenvalue weighted by Crippen LogP contribution is 2.38. The molecule has 1 fully saturated rings. The summed E-state index contributed by atoms with van der Waals surface area (Å²) in [6, 6.07) is 3.41. The minimum atomic E-state index is -2.21. The van der Waals surface area contributed by atoms with Crippen molar-refractivity contribution in [3.05, 3.63) is 34.6 Å². The van der Waals surface area contributed by atoms with Crippen LogP contribution >= 0.6 is 11.6 Å². The van der Waals surface area contributed by atoms with Gasteiger partial charge >= 0.3 is 25.0 Å². The molecule has 1 amide bonds. The third-order valence-electron chi connectivity index (χ3n) is 5.08. The largest absolute Gasteiger partial charge is 0.531 e. The van der Waals surface area contributed by atoms with E-state index in [-0.39, 0.29) is 22.9 Å². The van der Waals surface area contributed by atoms with Gasteiger partial charge in [-0.1, -0.05) is 25.4 Å². The third kappa shape index (κ3) is 7.26. The highest BCUT2D eigenvalue weighted by Gasteiger charge is 2.57. The molecule has 13 heteroatoms. The number of ketones is 1. The molecule has 2 rings (SSSR count). The van der Waals surface area contributed by atoms with Crippen LogP contribution in [0, 0.1) is 11.7 Å². The Labute approximate surface area is 199 Å². The fourth-order valence-corrected chi connectivity index (χ4v) is 3.86. The summed E-state index contributed by atoms with van der Waals surface area (Å²) in [5, 5.41) is 20.7. The van der Waals surface area contributed by atoms with Crippen molar-refractivity contribution in [2.45, 2.75) is 50.9 Å². The topological polar surface area (TPSA) is 156 Å². The van der Waals surface area contributed by atoms with E-state index in [9.17, 15) is 28.4 Å². The lowest BCUT2D eigenvalue weighted by molar-refractivity contribution is -0.157. The van der Waals surface area contributed by atoms with Gasteiger partial charge in [-0.05, 0) is 30.5 Å². The summed E-state index contributed by atoms with van der Waals surface area (Å²) >= 11 is 5.77. The van der Waals surface area contributed by atoms with Crippen molar-refractivity contribution < 1.29 is 47.9 Å². The summed E-state index contributed by atoms with van der Waals surface area (Å²) in [7, 11) is -1.35. The fourth-order valence-electron chi connectivity index (χ4n) is 3.68. The van der Waals surface area contributed by atoms with Crippen LogP contribution in [0.2, 0.25) is 10.8 Å². The Balaban J connectivity index is 2.10. The summed E-state index contributed by atoms with van der Waals surface area (Å²) in [6.45, 7) is 3.20. The van der Waals surface area contributed by atoms with Crippen LogP contribution in [0.5, 0.6) is 0 Å². The molecule has 0 aliphatic carbocycles. The van der Waals surface area contributed by atoms with E-state index in [1.165, 1.54) is 6.07 Å². The van der Waals surface area contributed by atoms with Crippen molar-refractivity contribution >= 4 is 48.3 Å². The number of aliphatic carboxylic acids is 2. The van der Waals surface area contributed by atoms with Crippen LogP contribution in [0.15, 0.2) is 18.2 Å². The number of carbonyl (C=O) groups is 5. The van der Waals surface area contributed by atoms with Crippen LogP contribution in [0.1, 0.15) is 49.9 Å². The third-order valence-corrected chi connectivity index (χ3v) is 5.31. The second-order valence-corrected chi connectivity index (χ2v) is 8.90. The molecule has 1 saturated heterocycles. The average molecular weight is 500 g/mol. The van der Waals surface area contributed by atoms with Gasteiger partial charge in [0, 0.05) is 17.3 Å². The standard InChI is InChI=1S/C21H24BClFNO9/c1-11(2)5-12(22-33-20(32)21(34-22,8-17(27)28)9-18(29)30)6-14(26)10-25-19(31)15-7-13(23)3-4-16(15)24/h3-4,7,11-12H,5-6,8-10H2,1-2H3,(H,25,31)(H,27,28)(H,29,30)/t12-/m1/s1. The van der Waals surface area contributed by atoms with Gasteiger partial charge in [-0.3, -0.25) is 24.0 Å². The summed E-state index contributed by atoms with van der Waals surface area (Å²) < 4.78 is 24.5. The van der Waals surface area contributed by atoms with E-state index in [1.807, 2.05) is 13.8 Å². The maximum absolute atomic E-state index is 13.8. The molecule has 10 nitrogen and oxygen atoms in total. The molecule has 0 saturated carbocycles. The molecule has 0 aromatic heterocycles. The van der Waals surface area contributed by atoms with Crippen molar-refractivity contribution in [3.63, 3.8) is 0 Å². The fraction of sp³-hybridized carbons (Fsp3) is 0.476. The van der Waals surface area contributed by atoms with Gasteiger partial charge < -0.3 is 24.8 Å². The number of carboxylic acids is 2. The number of rotatable bonds is 12. The van der Waals surface area contributed by atoms with E-state index in [1.54, 1.807) is 0 Å². The number of hydrogen-bond donors (Lipinski definition) is 3. The second kappa shape index (κ2) is 11.4. The number of amides is 1. The van der Waals surface area contributed by atoms with Crippen molar-refractivity contribution in [1.82, 2.24) is 5.32 Å². The average Bonchev–Trinajstić information content (AvgIpc) is 3.01. The van der Waals surface area contributed by atoms with Crippen LogP contribution in [-0.4, -0.2) is 59.1 Å². The molecule has 0 unspecified atom stereocenters. The van der Waals surface area contributed by atoms with E-state index >= 15 is 0 Å². The Kier molecular flexibility index (Phi) is 9.17. The normalized spacial score (nSPS) is 15.7. The van der Waals surface area contributed by atoms with Gasteiger partial charge in [-0.15, -0.1) is 0 Å². The van der Waals surface area contributed by atoms with Gasteiger partial charge in [0.2, 0.25) is 0 Å². The molecule has 184 valence electrons. The first-order valence-electron chi connectivity index (χ1n) is 10.4. The second-order valence-electron chi connectivity index (χ2n) is 8.47. The number of halogens is 2. The van der Waals surface area contributed by atoms with E-state index < -0.39 is 73.3 Å². The Morgan fingerprint density at radius 3 is 2.35 bits per heavy atom. The first-order chi connectivity index (χ1) is 15.8. The Morgan fingerprint density at radius 2 is 1.79 bits per heavy atom. The summed E-state index contributed by atoms with van der Waals surface area (Å²) in [4.78, 5) is 59.6. The molecule has 0 bridgehead atoms. The van der Waals surface area contributed by atoms with E-state index in [4.69, 9.17) is 31.1 Å². The minimum Gasteiger partial charge on any atom is -0.507 e. The number of hydrogen-bond acceptors (Lipinski definition) is 7. The summed E-state index contributed by atoms with van der Waals surface area (Å²) in [6.07, 6.45) is -1.75. The predicted octanol–water partition coefficient (Wildman–Crippen LogP) is 2.33. The molecule has 1 aromatic carbocycles. The van der Waals surface area contributed by atoms with Gasteiger partial charge in [0.25, 0.3) is 5.91 Å². The first-order valence-corrected chi connectivity index (χ1v) is 10.8. The van der Waals surface area contributed by atoms with Crippen LogP contribution in [0.3, 0.4) is 0 Å². The molecule has 1 aliphatic rings. The maximum atomic E-state index is 13.8. The molecule has 0 spiro atoms. The molecular formula is C21H24BClFNO9. The van der Waals surface area contributed by atoms with Crippen molar-refractivity contribution in [2.24, 2.45) is 5.92 Å². The molecule has 3 N–H and O–H groups in total. The molecule has 1 aromatic rings. The highest BCUT2D eigenvalue weighted by molar-refractivity contribution is 6.51. The van der Waals surface area contributed by atoms with Crippen molar-refractivity contribution in [1.29, 1.82) is 0 Å². The van der Waals surface area contributed by atoms with Crippen LogP contribution in [0.25, 0.3) is 0 Å². The monoisotopic (exact) mass is 499 g/mol. The Morgan fingerprint density at radius 1 is 1.18 bits per heavy atom. The van der Waals surface area contributed by atoms with E-state index in [0.717, 1.165) is 12.1 Å². The van der Waals surface area contributed by atoms with Crippen molar-refractivity contribution in [3.8, 4) is 0 Å². The number of Topliss-reactive ketones (excluding diaryl/α,β-unsaturated/α-hetero) is 1. The lowest BCUT2D eigenvalue weighted by Crippen LogP contribution is -2.42. The SMILES string of the molecule is CC(C)C[C@H](CC(=O)CNC(=O)c1cc(Cl)ccc1F)B1OC(=O)C(CC(=O)O)(CC(=O)O)O1. The van der Waals surface area contributed by atoms with Crippen LogP contribution in [0.4, 0.5) is 4.39 Å². The highest BCUT2D eigenvalue weighted by atomic mass is 35.5. The zero-order valence-electron chi connectivity index (χ0n) is 18.5. The number of carboxylic acid groups (broad SMARTS) is 2. The van der Waals surface area contributed by atoms with Crippen molar-refractivity contribution in [2.75, 3.05) is 6.54 Å². The van der Waals surface area contributed by atoms with Gasteiger partial charge in [0.15, 0.2) is 11.4 Å². The molecule has 1 atom stereocenters. The molecular weight excluding hydrogens is 475 g/mol. The Bertz CT molecular complexity index is 971. The predicted molar refractivity (Wildman–Crippen MR) is 117 cm³/mol. The molecule has 34 heavy (non-hydrogen) atoms. The minimum absolute atomic E-state index is 0.00389.